The van der Waals surface area contributed by atoms with Gasteiger partial charge in [0.15, 0.2) is 0 Å². The van der Waals surface area contributed by atoms with E-state index in [-0.39, 0.29) is 10.8 Å². The first-order valence-corrected chi connectivity index (χ1v) is 8.85. The molecule has 0 unspecified atom stereocenters. The van der Waals surface area contributed by atoms with Crippen LogP contribution in [0.15, 0.2) is 23.1 Å². The van der Waals surface area contributed by atoms with Crippen LogP contribution in [0.5, 0.6) is 0 Å². The summed E-state index contributed by atoms with van der Waals surface area (Å²) in [5, 5.41) is 0. The van der Waals surface area contributed by atoms with Crippen molar-refractivity contribution in [2.75, 3.05) is 38.6 Å². The van der Waals surface area contributed by atoms with E-state index in [1.54, 1.807) is 23.1 Å². The molecule has 0 radical (unpaired) electrons. The quantitative estimate of drug-likeness (QED) is 0.846. The molecule has 0 saturated carbocycles. The Labute approximate surface area is 132 Å². The van der Waals surface area contributed by atoms with Crippen LogP contribution in [-0.4, -0.2) is 53.0 Å². The standard InChI is InChI=1S/C15H23N3O3S/c1-12-11-13(22(20,21)16-8-10-17(2)3)6-7-14(12)18-9-4-5-15(18)19/h6-7,11,16H,4-5,8-10H2,1-3H3. The number of rotatable bonds is 6. The molecule has 1 aliphatic rings. The summed E-state index contributed by atoms with van der Waals surface area (Å²) >= 11 is 0. The van der Waals surface area contributed by atoms with E-state index >= 15 is 0 Å². The van der Waals surface area contributed by atoms with Gasteiger partial charge in [-0.25, -0.2) is 13.1 Å². The molecule has 0 aliphatic carbocycles. The average Bonchev–Trinajstić information content (AvgIpc) is 2.84. The van der Waals surface area contributed by atoms with Crippen LogP contribution in [0.25, 0.3) is 0 Å². The second kappa shape index (κ2) is 6.76. The lowest BCUT2D eigenvalue weighted by atomic mass is 10.2. The summed E-state index contributed by atoms with van der Waals surface area (Å²) in [7, 11) is 0.266. The Morgan fingerprint density at radius 2 is 2.05 bits per heavy atom. The fourth-order valence-corrected chi connectivity index (χ4v) is 3.59. The molecule has 1 saturated heterocycles. The van der Waals surface area contributed by atoms with Gasteiger partial charge in [0.1, 0.15) is 0 Å². The van der Waals surface area contributed by atoms with Crippen molar-refractivity contribution in [1.82, 2.24) is 9.62 Å². The van der Waals surface area contributed by atoms with Crippen LogP contribution < -0.4 is 9.62 Å². The monoisotopic (exact) mass is 325 g/mol. The number of hydrogen-bond acceptors (Lipinski definition) is 4. The van der Waals surface area contributed by atoms with Crippen molar-refractivity contribution in [1.29, 1.82) is 0 Å². The molecule has 0 aromatic heterocycles. The smallest absolute Gasteiger partial charge is 0.240 e. The van der Waals surface area contributed by atoms with E-state index < -0.39 is 10.0 Å². The Kier molecular flexibility index (Phi) is 5.20. The number of carbonyl (C=O) groups is 1. The van der Waals surface area contributed by atoms with E-state index in [0.29, 0.717) is 26.1 Å². The molecule has 0 atom stereocenters. The van der Waals surface area contributed by atoms with Gasteiger partial charge in [-0.15, -0.1) is 0 Å². The van der Waals surface area contributed by atoms with E-state index in [1.807, 2.05) is 25.9 Å². The summed E-state index contributed by atoms with van der Waals surface area (Å²) in [6.07, 6.45) is 1.41. The van der Waals surface area contributed by atoms with Gasteiger partial charge in [-0.1, -0.05) is 0 Å². The Bertz CT molecular complexity index is 656. The van der Waals surface area contributed by atoms with Gasteiger partial charge in [-0.3, -0.25) is 4.79 Å². The molecular weight excluding hydrogens is 302 g/mol. The van der Waals surface area contributed by atoms with Gasteiger partial charge in [0, 0.05) is 31.7 Å². The number of hydrogen-bond donors (Lipinski definition) is 1. The Balaban J connectivity index is 2.16. The molecule has 0 spiro atoms. The molecule has 1 N–H and O–H groups in total. The van der Waals surface area contributed by atoms with Gasteiger partial charge in [0.25, 0.3) is 0 Å². The van der Waals surface area contributed by atoms with Gasteiger partial charge in [0.05, 0.1) is 4.90 Å². The first kappa shape index (κ1) is 16.9. The highest BCUT2D eigenvalue weighted by atomic mass is 32.2. The second-order valence-electron chi connectivity index (χ2n) is 5.80. The van der Waals surface area contributed by atoms with Gasteiger partial charge in [0.2, 0.25) is 15.9 Å². The fourth-order valence-electron chi connectivity index (χ4n) is 2.49. The molecule has 7 heteroatoms. The second-order valence-corrected chi connectivity index (χ2v) is 7.57. The fraction of sp³-hybridized carbons (Fsp3) is 0.533. The summed E-state index contributed by atoms with van der Waals surface area (Å²) in [5.74, 6) is 0.0998. The topological polar surface area (TPSA) is 69.7 Å². The summed E-state index contributed by atoms with van der Waals surface area (Å²) in [5.41, 5.74) is 1.60. The number of benzene rings is 1. The van der Waals surface area contributed by atoms with Crippen LogP contribution in [0.3, 0.4) is 0 Å². The Hall–Kier alpha value is -1.44. The lowest BCUT2D eigenvalue weighted by molar-refractivity contribution is -0.117. The van der Waals surface area contributed by atoms with E-state index in [2.05, 4.69) is 4.72 Å². The first-order valence-electron chi connectivity index (χ1n) is 7.36. The zero-order valence-corrected chi connectivity index (χ0v) is 14.1. The predicted octanol–water partition coefficient (Wildman–Crippen LogP) is 0.962. The minimum Gasteiger partial charge on any atom is -0.312 e. The minimum absolute atomic E-state index is 0.0998. The van der Waals surface area contributed by atoms with Crippen molar-refractivity contribution in [3.63, 3.8) is 0 Å². The van der Waals surface area contributed by atoms with Crippen molar-refractivity contribution < 1.29 is 13.2 Å². The molecule has 1 amide bonds. The number of sulfonamides is 1. The number of nitrogens with one attached hydrogen (secondary N) is 1. The number of nitrogens with zero attached hydrogens (tertiary/aromatic N) is 2. The van der Waals surface area contributed by atoms with Gasteiger partial charge in [-0.2, -0.15) is 0 Å². The predicted molar refractivity (Wildman–Crippen MR) is 86.5 cm³/mol. The zero-order chi connectivity index (χ0) is 16.3. The SMILES string of the molecule is Cc1cc(S(=O)(=O)NCCN(C)C)ccc1N1CCCC1=O. The minimum atomic E-state index is -3.51. The highest BCUT2D eigenvalue weighted by Crippen LogP contribution is 2.27. The normalized spacial score (nSPS) is 15.8. The summed E-state index contributed by atoms with van der Waals surface area (Å²) in [6, 6.07) is 4.91. The molecule has 1 aromatic rings. The molecule has 1 heterocycles. The highest BCUT2D eigenvalue weighted by molar-refractivity contribution is 7.89. The molecule has 0 bridgehead atoms. The van der Waals surface area contributed by atoms with Crippen LogP contribution in [0.4, 0.5) is 5.69 Å². The number of aryl methyl sites for hydroxylation is 1. The number of likely N-dealkylation sites (N-methyl/N-ethyl adjacent to an activating group) is 1. The van der Waals surface area contributed by atoms with Crippen molar-refractivity contribution in [3.8, 4) is 0 Å². The van der Waals surface area contributed by atoms with Crippen LogP contribution >= 0.6 is 0 Å². The molecule has 1 aromatic carbocycles. The molecule has 22 heavy (non-hydrogen) atoms. The molecule has 6 nitrogen and oxygen atoms in total. The summed E-state index contributed by atoms with van der Waals surface area (Å²) < 4.78 is 27.1. The van der Waals surface area contributed by atoms with Crippen molar-refractivity contribution in [2.45, 2.75) is 24.7 Å². The molecular formula is C15H23N3O3S. The summed E-state index contributed by atoms with van der Waals surface area (Å²) in [4.78, 5) is 15.7. The number of anilines is 1. The molecule has 122 valence electrons. The zero-order valence-electron chi connectivity index (χ0n) is 13.3. The van der Waals surface area contributed by atoms with Gasteiger partial charge in [-0.05, 0) is 51.2 Å². The van der Waals surface area contributed by atoms with E-state index in [0.717, 1.165) is 17.7 Å². The van der Waals surface area contributed by atoms with Crippen LogP contribution in [0, 0.1) is 6.92 Å². The lowest BCUT2D eigenvalue weighted by Crippen LogP contribution is -2.31. The van der Waals surface area contributed by atoms with Crippen molar-refractivity contribution >= 4 is 21.6 Å². The third kappa shape index (κ3) is 3.85. The Morgan fingerprint density at radius 1 is 1.32 bits per heavy atom. The van der Waals surface area contributed by atoms with Crippen LogP contribution in [-0.2, 0) is 14.8 Å². The van der Waals surface area contributed by atoms with Crippen molar-refractivity contribution in [2.24, 2.45) is 0 Å². The lowest BCUT2D eigenvalue weighted by Gasteiger charge is -2.19. The Morgan fingerprint density at radius 3 is 2.59 bits per heavy atom. The molecule has 1 aliphatic heterocycles. The number of carbonyl (C=O) groups excluding carboxylic acids is 1. The van der Waals surface area contributed by atoms with Gasteiger partial charge >= 0.3 is 0 Å². The van der Waals surface area contributed by atoms with Crippen LogP contribution in [0.1, 0.15) is 18.4 Å². The van der Waals surface area contributed by atoms with Crippen LogP contribution in [0.2, 0.25) is 0 Å². The van der Waals surface area contributed by atoms with E-state index in [1.165, 1.54) is 0 Å². The molecule has 2 rings (SSSR count). The van der Waals surface area contributed by atoms with Crippen molar-refractivity contribution in [3.05, 3.63) is 23.8 Å². The molecule has 1 fully saturated rings. The van der Waals surface area contributed by atoms with E-state index in [9.17, 15) is 13.2 Å². The summed E-state index contributed by atoms with van der Waals surface area (Å²) in [6.45, 7) is 3.53. The average molecular weight is 325 g/mol. The largest absolute Gasteiger partial charge is 0.312 e. The first-order chi connectivity index (χ1) is 10.3. The maximum atomic E-state index is 12.3. The van der Waals surface area contributed by atoms with Gasteiger partial charge < -0.3 is 9.80 Å². The maximum absolute atomic E-state index is 12.3. The van der Waals surface area contributed by atoms with E-state index in [4.69, 9.17) is 0 Å². The maximum Gasteiger partial charge on any atom is 0.240 e. The third-order valence-corrected chi connectivity index (χ3v) is 5.15. The number of amides is 1. The highest BCUT2D eigenvalue weighted by Gasteiger charge is 2.24. The third-order valence-electron chi connectivity index (χ3n) is 3.69.